The van der Waals surface area contributed by atoms with Gasteiger partial charge in [0, 0.05) is 0 Å². The lowest BCUT2D eigenvalue weighted by atomic mass is 10.1. The first-order valence-electron chi connectivity index (χ1n) is 5.91. The van der Waals surface area contributed by atoms with Gasteiger partial charge in [-0.2, -0.15) is 0 Å². The van der Waals surface area contributed by atoms with Crippen LogP contribution < -0.4 is 10.5 Å². The molecule has 3 heteroatoms. The first-order valence-corrected chi connectivity index (χ1v) is 6.29. The Labute approximate surface area is 102 Å². The minimum Gasteiger partial charge on any atom is -0.492 e. The number of halogens is 1. The van der Waals surface area contributed by atoms with E-state index in [1.54, 1.807) is 0 Å². The van der Waals surface area contributed by atoms with Gasteiger partial charge in [-0.25, -0.2) is 0 Å². The van der Waals surface area contributed by atoms with Gasteiger partial charge in [-0.05, 0) is 36.9 Å². The molecule has 1 fully saturated rings. The molecule has 0 amide bonds. The molecule has 0 aromatic heterocycles. The topological polar surface area (TPSA) is 35.2 Å². The van der Waals surface area contributed by atoms with Crippen molar-refractivity contribution < 1.29 is 4.74 Å². The summed E-state index contributed by atoms with van der Waals surface area (Å²) in [6, 6.07) is 5.85. The van der Waals surface area contributed by atoms with Gasteiger partial charge in [-0.15, -0.1) is 0 Å². The molecule has 1 aromatic carbocycles. The molecular formula is C13H18ClNO. The average molecular weight is 240 g/mol. The summed E-state index contributed by atoms with van der Waals surface area (Å²) in [6.07, 6.45) is 4.69. The summed E-state index contributed by atoms with van der Waals surface area (Å²) in [5.41, 5.74) is 6.68. The van der Waals surface area contributed by atoms with Gasteiger partial charge < -0.3 is 10.5 Å². The number of hydrogen-bond donors (Lipinski definition) is 1. The maximum atomic E-state index is 6.13. The van der Waals surface area contributed by atoms with Gasteiger partial charge >= 0.3 is 0 Å². The van der Waals surface area contributed by atoms with Crippen molar-refractivity contribution in [3.05, 3.63) is 28.8 Å². The fraction of sp³-hybridized carbons (Fsp3) is 0.538. The largest absolute Gasteiger partial charge is 0.492 e. The Balaban J connectivity index is 1.97. The number of benzene rings is 1. The Bertz CT molecular complexity index is 350. The summed E-state index contributed by atoms with van der Waals surface area (Å²) in [5.74, 6) is 1.72. The van der Waals surface area contributed by atoms with Crippen LogP contribution in [0.1, 0.15) is 24.8 Å². The molecule has 1 saturated carbocycles. The molecule has 0 heterocycles. The Hall–Kier alpha value is -0.730. The molecule has 2 nitrogen and oxygen atoms in total. The molecule has 1 aliphatic rings. The number of para-hydroxylation sites is 1. The lowest BCUT2D eigenvalue weighted by Gasteiger charge is -2.12. The quantitative estimate of drug-likeness (QED) is 0.828. The SMILES string of the molecule is NCCc1cccc(Cl)c1OCCC1CC1. The first-order chi connectivity index (χ1) is 7.81. The van der Waals surface area contributed by atoms with Crippen molar-refractivity contribution in [2.24, 2.45) is 11.7 Å². The van der Waals surface area contributed by atoms with Crippen molar-refractivity contribution in [3.63, 3.8) is 0 Å². The van der Waals surface area contributed by atoms with Gasteiger partial charge in [0.1, 0.15) is 5.75 Å². The second kappa shape index (κ2) is 5.55. The third kappa shape index (κ3) is 3.13. The summed E-state index contributed by atoms with van der Waals surface area (Å²) < 4.78 is 5.78. The summed E-state index contributed by atoms with van der Waals surface area (Å²) in [6.45, 7) is 1.39. The molecule has 0 bridgehead atoms. The van der Waals surface area contributed by atoms with Crippen molar-refractivity contribution in [1.82, 2.24) is 0 Å². The van der Waals surface area contributed by atoms with Gasteiger partial charge in [-0.1, -0.05) is 36.6 Å². The zero-order chi connectivity index (χ0) is 11.4. The van der Waals surface area contributed by atoms with E-state index < -0.39 is 0 Å². The molecule has 0 unspecified atom stereocenters. The van der Waals surface area contributed by atoms with Crippen LogP contribution >= 0.6 is 11.6 Å². The average Bonchev–Trinajstić information content (AvgIpc) is 3.06. The van der Waals surface area contributed by atoms with Crippen molar-refractivity contribution in [3.8, 4) is 5.75 Å². The van der Waals surface area contributed by atoms with Gasteiger partial charge in [0.2, 0.25) is 0 Å². The number of rotatable bonds is 6. The van der Waals surface area contributed by atoms with Gasteiger partial charge in [-0.3, -0.25) is 0 Å². The molecule has 0 radical (unpaired) electrons. The van der Waals surface area contributed by atoms with Crippen molar-refractivity contribution in [1.29, 1.82) is 0 Å². The van der Waals surface area contributed by atoms with E-state index in [0.29, 0.717) is 11.6 Å². The minimum atomic E-state index is 0.624. The second-order valence-corrected chi connectivity index (χ2v) is 4.75. The van der Waals surface area contributed by atoms with Crippen LogP contribution in [0.15, 0.2) is 18.2 Å². The number of hydrogen-bond acceptors (Lipinski definition) is 2. The van der Waals surface area contributed by atoms with Gasteiger partial charge in [0.25, 0.3) is 0 Å². The molecule has 0 aliphatic heterocycles. The van der Waals surface area contributed by atoms with E-state index in [1.165, 1.54) is 12.8 Å². The minimum absolute atomic E-state index is 0.624. The van der Waals surface area contributed by atoms with Crippen LogP contribution in [0.25, 0.3) is 0 Å². The standard InChI is InChI=1S/C13H18ClNO/c14-12-3-1-2-11(6-8-15)13(12)16-9-7-10-4-5-10/h1-3,10H,4-9,15H2. The molecule has 88 valence electrons. The Morgan fingerprint density at radius 3 is 2.88 bits per heavy atom. The van der Waals surface area contributed by atoms with E-state index in [0.717, 1.165) is 36.7 Å². The summed E-state index contributed by atoms with van der Waals surface area (Å²) in [7, 11) is 0. The van der Waals surface area contributed by atoms with Gasteiger partial charge in [0.15, 0.2) is 0 Å². The highest BCUT2D eigenvalue weighted by molar-refractivity contribution is 6.32. The summed E-state index contributed by atoms with van der Waals surface area (Å²) in [4.78, 5) is 0. The van der Waals surface area contributed by atoms with Crippen LogP contribution in [-0.2, 0) is 6.42 Å². The Morgan fingerprint density at radius 2 is 2.19 bits per heavy atom. The zero-order valence-electron chi connectivity index (χ0n) is 9.42. The van der Waals surface area contributed by atoms with E-state index in [2.05, 4.69) is 0 Å². The highest BCUT2D eigenvalue weighted by Crippen LogP contribution is 2.34. The zero-order valence-corrected chi connectivity index (χ0v) is 10.2. The molecule has 1 aromatic rings. The molecular weight excluding hydrogens is 222 g/mol. The van der Waals surface area contributed by atoms with Crippen LogP contribution in [0.4, 0.5) is 0 Å². The van der Waals surface area contributed by atoms with Crippen LogP contribution in [0.2, 0.25) is 5.02 Å². The molecule has 0 saturated heterocycles. The molecule has 16 heavy (non-hydrogen) atoms. The van der Waals surface area contributed by atoms with Crippen molar-refractivity contribution in [2.75, 3.05) is 13.2 Å². The molecule has 2 rings (SSSR count). The number of ether oxygens (including phenoxy) is 1. The van der Waals surface area contributed by atoms with Gasteiger partial charge in [0.05, 0.1) is 11.6 Å². The van der Waals surface area contributed by atoms with Crippen LogP contribution in [-0.4, -0.2) is 13.2 Å². The first kappa shape index (κ1) is 11.7. The van der Waals surface area contributed by atoms with E-state index in [9.17, 15) is 0 Å². The van der Waals surface area contributed by atoms with Crippen LogP contribution in [0.5, 0.6) is 5.75 Å². The maximum Gasteiger partial charge on any atom is 0.141 e. The van der Waals surface area contributed by atoms with Crippen molar-refractivity contribution >= 4 is 11.6 Å². The molecule has 2 N–H and O–H groups in total. The monoisotopic (exact) mass is 239 g/mol. The van der Waals surface area contributed by atoms with E-state index in [-0.39, 0.29) is 0 Å². The normalized spacial score (nSPS) is 15.1. The maximum absolute atomic E-state index is 6.13. The van der Waals surface area contributed by atoms with E-state index >= 15 is 0 Å². The Kier molecular flexibility index (Phi) is 4.08. The van der Waals surface area contributed by atoms with Crippen LogP contribution in [0.3, 0.4) is 0 Å². The summed E-state index contributed by atoms with van der Waals surface area (Å²) >= 11 is 6.13. The predicted octanol–water partition coefficient (Wildman–Crippen LogP) is 3.02. The Morgan fingerprint density at radius 1 is 1.38 bits per heavy atom. The molecule has 0 spiro atoms. The van der Waals surface area contributed by atoms with Crippen molar-refractivity contribution in [2.45, 2.75) is 25.7 Å². The smallest absolute Gasteiger partial charge is 0.141 e. The predicted molar refractivity (Wildman–Crippen MR) is 67.0 cm³/mol. The third-order valence-corrected chi connectivity index (χ3v) is 3.23. The lowest BCUT2D eigenvalue weighted by Crippen LogP contribution is -2.06. The second-order valence-electron chi connectivity index (χ2n) is 4.35. The van der Waals surface area contributed by atoms with E-state index in [4.69, 9.17) is 22.1 Å². The molecule has 0 atom stereocenters. The van der Waals surface area contributed by atoms with Crippen LogP contribution in [0, 0.1) is 5.92 Å². The number of nitrogens with two attached hydrogens (primary N) is 1. The third-order valence-electron chi connectivity index (χ3n) is 2.93. The fourth-order valence-corrected chi connectivity index (χ4v) is 2.05. The van der Waals surface area contributed by atoms with E-state index in [1.807, 2.05) is 18.2 Å². The summed E-state index contributed by atoms with van der Waals surface area (Å²) in [5, 5.41) is 0.696. The lowest BCUT2D eigenvalue weighted by molar-refractivity contribution is 0.300. The highest BCUT2D eigenvalue weighted by atomic mass is 35.5. The molecule has 1 aliphatic carbocycles. The highest BCUT2D eigenvalue weighted by Gasteiger charge is 2.21. The fourth-order valence-electron chi connectivity index (χ4n) is 1.80.